The van der Waals surface area contributed by atoms with Crippen LogP contribution in [0.2, 0.25) is 0 Å². The Morgan fingerprint density at radius 1 is 1.42 bits per heavy atom. The molecule has 0 unspecified atom stereocenters. The third kappa shape index (κ3) is 4.33. The summed E-state index contributed by atoms with van der Waals surface area (Å²) in [5.74, 6) is 1.74. The largest absolute Gasteiger partial charge is 0.496 e. The first-order chi connectivity index (χ1) is 12.6. The molecule has 1 aromatic carbocycles. The quantitative estimate of drug-likeness (QED) is 0.746. The molecule has 1 aliphatic heterocycles. The van der Waals surface area contributed by atoms with Crippen LogP contribution in [0.15, 0.2) is 41.3 Å². The first-order valence-electron chi connectivity index (χ1n) is 8.67. The highest BCUT2D eigenvalue weighted by atomic mass is 79.9. The number of hydrogen-bond acceptors (Lipinski definition) is 5. The summed E-state index contributed by atoms with van der Waals surface area (Å²) in [7, 11) is 3.50. The van der Waals surface area contributed by atoms with Crippen molar-refractivity contribution in [1.29, 1.82) is 0 Å². The smallest absolute Gasteiger partial charge is 0.227 e. The van der Waals surface area contributed by atoms with Gasteiger partial charge in [-0.25, -0.2) is 4.98 Å². The Hall–Kier alpha value is -2.15. The maximum Gasteiger partial charge on any atom is 0.227 e. The average Bonchev–Trinajstić information content (AvgIpc) is 2.68. The lowest BCUT2D eigenvalue weighted by Crippen LogP contribution is -2.43. The molecule has 1 atom stereocenters. The number of piperidine rings is 1. The van der Waals surface area contributed by atoms with Gasteiger partial charge in [0.15, 0.2) is 0 Å². The maximum atomic E-state index is 13.0. The van der Waals surface area contributed by atoms with Crippen LogP contribution >= 0.6 is 15.9 Å². The van der Waals surface area contributed by atoms with Gasteiger partial charge in [0, 0.05) is 49.1 Å². The van der Waals surface area contributed by atoms with Crippen LogP contribution in [0.3, 0.4) is 0 Å². The maximum absolute atomic E-state index is 13.0. The molecule has 138 valence electrons. The lowest BCUT2D eigenvalue weighted by atomic mass is 9.96. The van der Waals surface area contributed by atoms with Crippen molar-refractivity contribution >= 4 is 27.7 Å². The summed E-state index contributed by atoms with van der Waals surface area (Å²) >= 11 is 3.48. The molecule has 6 nitrogen and oxygen atoms in total. The van der Waals surface area contributed by atoms with Gasteiger partial charge in [0.05, 0.1) is 19.2 Å². The van der Waals surface area contributed by atoms with Gasteiger partial charge in [-0.1, -0.05) is 15.9 Å². The van der Waals surface area contributed by atoms with Crippen LogP contribution in [-0.4, -0.2) is 48.0 Å². The fourth-order valence-corrected chi connectivity index (χ4v) is 3.77. The molecular formula is C19H23BrN4O2. The zero-order valence-corrected chi connectivity index (χ0v) is 16.6. The number of benzene rings is 1. The molecule has 1 fully saturated rings. The summed E-state index contributed by atoms with van der Waals surface area (Å²) in [6, 6.07) is 5.84. The van der Waals surface area contributed by atoms with E-state index in [1.54, 1.807) is 30.6 Å². The Labute approximate surface area is 162 Å². The minimum Gasteiger partial charge on any atom is -0.496 e. The molecule has 3 rings (SSSR count). The lowest BCUT2D eigenvalue weighted by molar-refractivity contribution is -0.135. The molecule has 0 radical (unpaired) electrons. The number of halogens is 1. The summed E-state index contributed by atoms with van der Waals surface area (Å²) in [5.41, 5.74) is 0.985. The number of ether oxygens (including phenoxy) is 1. The van der Waals surface area contributed by atoms with E-state index in [1.807, 2.05) is 25.2 Å². The summed E-state index contributed by atoms with van der Waals surface area (Å²) < 4.78 is 6.39. The van der Waals surface area contributed by atoms with Gasteiger partial charge in [-0.2, -0.15) is 0 Å². The van der Waals surface area contributed by atoms with E-state index in [2.05, 4.69) is 30.8 Å². The normalized spacial score (nSPS) is 17.0. The first kappa shape index (κ1) is 18.6. The third-order valence-electron chi connectivity index (χ3n) is 4.67. The molecule has 2 heterocycles. The number of methoxy groups -OCH3 is 1. The number of amides is 1. The van der Waals surface area contributed by atoms with E-state index >= 15 is 0 Å². The number of nitrogens with zero attached hydrogens (tertiary/aromatic N) is 4. The van der Waals surface area contributed by atoms with Gasteiger partial charge >= 0.3 is 0 Å². The van der Waals surface area contributed by atoms with Crippen molar-refractivity contribution in [1.82, 2.24) is 14.9 Å². The fourth-order valence-electron chi connectivity index (χ4n) is 3.36. The minimum atomic E-state index is -0.0334. The summed E-state index contributed by atoms with van der Waals surface area (Å²) in [5, 5.41) is 0. The van der Waals surface area contributed by atoms with Crippen molar-refractivity contribution in [3.05, 3.63) is 46.8 Å². The van der Waals surface area contributed by atoms with Crippen molar-refractivity contribution in [2.24, 2.45) is 5.92 Å². The van der Waals surface area contributed by atoms with Crippen LogP contribution in [0.25, 0.3) is 0 Å². The Morgan fingerprint density at radius 2 is 2.27 bits per heavy atom. The third-order valence-corrected chi connectivity index (χ3v) is 5.16. The average molecular weight is 419 g/mol. The molecule has 1 aliphatic rings. The highest BCUT2D eigenvalue weighted by molar-refractivity contribution is 9.10. The monoisotopic (exact) mass is 418 g/mol. The second kappa shape index (κ2) is 8.49. The zero-order chi connectivity index (χ0) is 18.5. The summed E-state index contributed by atoms with van der Waals surface area (Å²) in [6.45, 7) is 2.10. The van der Waals surface area contributed by atoms with Crippen molar-refractivity contribution in [2.45, 2.75) is 19.4 Å². The number of anilines is 1. The van der Waals surface area contributed by atoms with Crippen LogP contribution < -0.4 is 9.64 Å². The molecular weight excluding hydrogens is 396 g/mol. The molecule has 0 saturated carbocycles. The fraction of sp³-hybridized carbons (Fsp3) is 0.421. The molecule has 1 aromatic heterocycles. The topological polar surface area (TPSA) is 58.6 Å². The van der Waals surface area contributed by atoms with Gasteiger partial charge in [0.2, 0.25) is 5.91 Å². The van der Waals surface area contributed by atoms with E-state index in [0.717, 1.165) is 41.0 Å². The molecule has 2 aromatic rings. The van der Waals surface area contributed by atoms with Crippen LogP contribution in [0.4, 0.5) is 5.82 Å². The number of aromatic nitrogens is 2. The highest BCUT2D eigenvalue weighted by Crippen LogP contribution is 2.26. The zero-order valence-electron chi connectivity index (χ0n) is 15.1. The second-order valence-electron chi connectivity index (χ2n) is 6.50. The molecule has 7 heteroatoms. The molecule has 26 heavy (non-hydrogen) atoms. The SMILES string of the molecule is COc1ccc(Br)cc1CN(C)C(=O)[C@H]1CCCN(c2cnccn2)C1. The Bertz CT molecular complexity index is 756. The molecule has 0 spiro atoms. The number of carbonyl (C=O) groups excluding carboxylic acids is 1. The highest BCUT2D eigenvalue weighted by Gasteiger charge is 2.29. The number of hydrogen-bond donors (Lipinski definition) is 0. The van der Waals surface area contributed by atoms with Crippen LogP contribution in [0.1, 0.15) is 18.4 Å². The molecule has 0 bridgehead atoms. The van der Waals surface area contributed by atoms with Gasteiger partial charge in [0.25, 0.3) is 0 Å². The second-order valence-corrected chi connectivity index (χ2v) is 7.41. The Kier molecular flexibility index (Phi) is 6.08. The van der Waals surface area contributed by atoms with Gasteiger partial charge in [-0.15, -0.1) is 0 Å². The standard InChI is InChI=1S/C19H23BrN4O2/c1-23(12-15-10-16(20)5-6-17(15)26-2)19(25)14-4-3-9-24(13-14)18-11-21-7-8-22-18/h5-8,10-11,14H,3-4,9,12-13H2,1-2H3/t14-/m0/s1. The van der Waals surface area contributed by atoms with Gasteiger partial charge in [-0.05, 0) is 31.0 Å². The van der Waals surface area contributed by atoms with Crippen molar-refractivity contribution in [3.63, 3.8) is 0 Å². The Morgan fingerprint density at radius 3 is 3.00 bits per heavy atom. The number of carbonyl (C=O) groups is 1. The van der Waals surface area contributed by atoms with E-state index in [-0.39, 0.29) is 11.8 Å². The van der Waals surface area contributed by atoms with Gasteiger partial charge in [0.1, 0.15) is 11.6 Å². The van der Waals surface area contributed by atoms with E-state index in [4.69, 9.17) is 4.74 Å². The van der Waals surface area contributed by atoms with Crippen molar-refractivity contribution < 1.29 is 9.53 Å². The van der Waals surface area contributed by atoms with E-state index in [1.165, 1.54) is 0 Å². The summed E-state index contributed by atoms with van der Waals surface area (Å²) in [6.07, 6.45) is 6.97. The molecule has 1 amide bonds. The molecule has 0 N–H and O–H groups in total. The van der Waals surface area contributed by atoms with Crippen LogP contribution in [0.5, 0.6) is 5.75 Å². The van der Waals surface area contributed by atoms with Crippen LogP contribution in [-0.2, 0) is 11.3 Å². The van der Waals surface area contributed by atoms with Gasteiger partial charge in [-0.3, -0.25) is 9.78 Å². The summed E-state index contributed by atoms with van der Waals surface area (Å²) in [4.78, 5) is 25.4. The first-order valence-corrected chi connectivity index (χ1v) is 9.46. The van der Waals surface area contributed by atoms with E-state index < -0.39 is 0 Å². The molecule has 0 aliphatic carbocycles. The number of rotatable bonds is 5. The van der Waals surface area contributed by atoms with Crippen molar-refractivity contribution in [3.8, 4) is 5.75 Å². The minimum absolute atomic E-state index is 0.0334. The molecule has 1 saturated heterocycles. The predicted molar refractivity (Wildman–Crippen MR) is 104 cm³/mol. The Balaban J connectivity index is 1.67. The van der Waals surface area contributed by atoms with E-state index in [0.29, 0.717) is 13.1 Å². The predicted octanol–water partition coefficient (Wildman–Crippen LogP) is 3.12. The van der Waals surface area contributed by atoms with Gasteiger partial charge < -0.3 is 14.5 Å². The van der Waals surface area contributed by atoms with Crippen LogP contribution in [0, 0.1) is 5.92 Å². The lowest BCUT2D eigenvalue weighted by Gasteiger charge is -2.34. The van der Waals surface area contributed by atoms with E-state index in [9.17, 15) is 4.79 Å². The van der Waals surface area contributed by atoms with Crippen molar-refractivity contribution in [2.75, 3.05) is 32.1 Å².